The van der Waals surface area contributed by atoms with E-state index in [-0.39, 0.29) is 5.56 Å². The van der Waals surface area contributed by atoms with Crippen molar-refractivity contribution >= 4 is 22.9 Å². The molecule has 1 heterocycles. The molecule has 19 heavy (non-hydrogen) atoms. The normalized spacial score (nSPS) is 13.5. The van der Waals surface area contributed by atoms with Gasteiger partial charge in [-0.15, -0.1) is 11.3 Å². The fourth-order valence-electron chi connectivity index (χ4n) is 1.95. The Morgan fingerprint density at radius 2 is 1.89 bits per heavy atom. The highest BCUT2D eigenvalue weighted by molar-refractivity contribution is 7.10. The average molecular weight is 306 g/mol. The van der Waals surface area contributed by atoms with E-state index < -0.39 is 17.8 Å². The van der Waals surface area contributed by atoms with Crippen LogP contribution < -0.4 is 5.32 Å². The zero-order chi connectivity index (χ0) is 14.0. The van der Waals surface area contributed by atoms with Gasteiger partial charge in [-0.25, -0.2) is 0 Å². The molecule has 1 aromatic heterocycles. The smallest absolute Gasteiger partial charge is 0.309 e. The zero-order valence-electron chi connectivity index (χ0n) is 9.96. The number of thiophene rings is 1. The molecule has 2 aromatic rings. The molecule has 1 aromatic carbocycles. The van der Waals surface area contributed by atoms with Crippen LogP contribution in [-0.2, 0) is 6.18 Å². The van der Waals surface area contributed by atoms with Gasteiger partial charge in [-0.2, -0.15) is 13.2 Å². The molecule has 1 unspecified atom stereocenters. The molecule has 0 saturated heterocycles. The van der Waals surface area contributed by atoms with E-state index in [4.69, 9.17) is 11.6 Å². The summed E-state index contributed by atoms with van der Waals surface area (Å²) in [4.78, 5) is 0.681. The van der Waals surface area contributed by atoms with Gasteiger partial charge in [-0.3, -0.25) is 0 Å². The fourth-order valence-corrected chi connectivity index (χ4v) is 3.24. The van der Waals surface area contributed by atoms with E-state index in [0.29, 0.717) is 9.90 Å². The summed E-state index contributed by atoms with van der Waals surface area (Å²) in [5, 5.41) is 5.14. The monoisotopic (exact) mass is 305 g/mol. The molecule has 0 aliphatic rings. The molecule has 0 bridgehead atoms. The summed E-state index contributed by atoms with van der Waals surface area (Å²) in [6.07, 6.45) is -4.38. The Balaban J connectivity index is 2.54. The van der Waals surface area contributed by atoms with Gasteiger partial charge in [-0.05, 0) is 30.1 Å². The molecular weight excluding hydrogens is 295 g/mol. The predicted octanol–water partition coefficient (Wildman–Crippen LogP) is 4.73. The molecule has 0 amide bonds. The lowest BCUT2D eigenvalue weighted by atomic mass is 9.99. The fraction of sp³-hybridized carbons (Fsp3) is 0.231. The summed E-state index contributed by atoms with van der Waals surface area (Å²) in [7, 11) is 1.62. The van der Waals surface area contributed by atoms with Gasteiger partial charge >= 0.3 is 6.18 Å². The lowest BCUT2D eigenvalue weighted by Crippen LogP contribution is -2.21. The summed E-state index contributed by atoms with van der Waals surface area (Å²) in [5.74, 6) is 0. The quantitative estimate of drug-likeness (QED) is 0.864. The second-order valence-corrected chi connectivity index (χ2v) is 5.29. The average Bonchev–Trinajstić information content (AvgIpc) is 2.76. The van der Waals surface area contributed by atoms with Crippen molar-refractivity contribution in [1.29, 1.82) is 0 Å². The summed E-state index contributed by atoms with van der Waals surface area (Å²) in [6, 6.07) is 6.65. The maximum atomic E-state index is 13.0. The number of halogens is 4. The van der Waals surface area contributed by atoms with Crippen LogP contribution in [0.25, 0.3) is 0 Å². The maximum absolute atomic E-state index is 13.0. The first kappa shape index (κ1) is 14.4. The Labute approximate surface area is 118 Å². The molecule has 0 radical (unpaired) electrons. The Kier molecular flexibility index (Phi) is 4.18. The number of hydrogen-bond donors (Lipinski definition) is 1. The lowest BCUT2D eigenvalue weighted by Gasteiger charge is -2.20. The second kappa shape index (κ2) is 5.53. The molecule has 1 N–H and O–H groups in total. The van der Waals surface area contributed by atoms with Crippen LogP contribution in [0.5, 0.6) is 0 Å². The van der Waals surface area contributed by atoms with Crippen molar-refractivity contribution < 1.29 is 13.2 Å². The molecule has 2 rings (SSSR count). The molecule has 0 saturated carbocycles. The number of hydrogen-bond acceptors (Lipinski definition) is 2. The van der Waals surface area contributed by atoms with Crippen molar-refractivity contribution in [2.24, 2.45) is 0 Å². The number of alkyl halides is 3. The molecule has 102 valence electrons. The predicted molar refractivity (Wildman–Crippen MR) is 71.7 cm³/mol. The third kappa shape index (κ3) is 2.94. The van der Waals surface area contributed by atoms with Gasteiger partial charge in [0.25, 0.3) is 0 Å². The summed E-state index contributed by atoms with van der Waals surface area (Å²) < 4.78 is 39.1. The van der Waals surface area contributed by atoms with E-state index in [9.17, 15) is 13.2 Å². The van der Waals surface area contributed by atoms with Crippen molar-refractivity contribution in [3.8, 4) is 0 Å². The summed E-state index contributed by atoms with van der Waals surface area (Å²) >= 11 is 7.35. The lowest BCUT2D eigenvalue weighted by molar-refractivity contribution is -0.138. The van der Waals surface area contributed by atoms with Crippen LogP contribution in [0, 0.1) is 0 Å². The van der Waals surface area contributed by atoms with E-state index >= 15 is 0 Å². The highest BCUT2D eigenvalue weighted by atomic mass is 35.5. The number of rotatable bonds is 3. The van der Waals surface area contributed by atoms with Crippen molar-refractivity contribution in [1.82, 2.24) is 5.32 Å². The van der Waals surface area contributed by atoms with Gasteiger partial charge in [0.05, 0.1) is 16.6 Å². The van der Waals surface area contributed by atoms with Crippen molar-refractivity contribution in [2.45, 2.75) is 12.2 Å². The number of benzene rings is 1. The molecular formula is C13H11ClF3NS. The molecule has 0 aliphatic heterocycles. The Morgan fingerprint density at radius 3 is 2.42 bits per heavy atom. The molecule has 1 nitrogen and oxygen atoms in total. The summed E-state index contributed by atoms with van der Waals surface area (Å²) in [6.45, 7) is 0. The number of nitrogens with one attached hydrogen (secondary N) is 1. The third-order valence-electron chi connectivity index (χ3n) is 2.77. The van der Waals surface area contributed by atoms with Crippen LogP contribution in [0.4, 0.5) is 13.2 Å². The van der Waals surface area contributed by atoms with Crippen LogP contribution in [0.1, 0.15) is 22.0 Å². The van der Waals surface area contributed by atoms with E-state index in [1.54, 1.807) is 24.6 Å². The standard InChI is InChI=1S/C13H11ClF3NS/c1-18-11(12-10(14)6-7-19-12)8-4-2-3-5-9(8)13(15,16)17/h2-7,11,18H,1H3. The first-order chi connectivity index (χ1) is 8.95. The Morgan fingerprint density at radius 1 is 1.21 bits per heavy atom. The summed E-state index contributed by atoms with van der Waals surface area (Å²) in [5.41, 5.74) is -0.458. The SMILES string of the molecule is CNC(c1ccccc1C(F)(F)F)c1sccc1Cl. The van der Waals surface area contributed by atoms with Gasteiger partial charge in [0.2, 0.25) is 0 Å². The van der Waals surface area contributed by atoms with Crippen molar-refractivity contribution in [3.05, 3.63) is 56.7 Å². The van der Waals surface area contributed by atoms with Gasteiger partial charge in [0.15, 0.2) is 0 Å². The van der Waals surface area contributed by atoms with Gasteiger partial charge < -0.3 is 5.32 Å². The minimum absolute atomic E-state index is 0.182. The molecule has 1 atom stereocenters. The molecule has 6 heteroatoms. The van der Waals surface area contributed by atoms with Gasteiger partial charge in [-0.1, -0.05) is 29.8 Å². The molecule has 0 fully saturated rings. The second-order valence-electron chi connectivity index (χ2n) is 3.94. The molecule has 0 aliphatic carbocycles. The molecule has 0 spiro atoms. The van der Waals surface area contributed by atoms with Crippen LogP contribution in [0.15, 0.2) is 35.7 Å². The first-order valence-corrected chi connectivity index (χ1v) is 6.77. The van der Waals surface area contributed by atoms with E-state index in [1.807, 2.05) is 0 Å². The Hall–Kier alpha value is -1.04. The third-order valence-corrected chi connectivity index (χ3v) is 4.20. The minimum Gasteiger partial charge on any atom is -0.309 e. The topological polar surface area (TPSA) is 12.0 Å². The van der Waals surface area contributed by atoms with Crippen LogP contribution in [-0.4, -0.2) is 7.05 Å². The first-order valence-electron chi connectivity index (χ1n) is 5.51. The highest BCUT2D eigenvalue weighted by Crippen LogP contribution is 2.39. The van der Waals surface area contributed by atoms with Crippen LogP contribution in [0.2, 0.25) is 5.02 Å². The Bertz CT molecular complexity index is 565. The minimum atomic E-state index is -4.38. The zero-order valence-corrected chi connectivity index (χ0v) is 11.5. The van der Waals surface area contributed by atoms with Crippen LogP contribution in [0.3, 0.4) is 0 Å². The van der Waals surface area contributed by atoms with Gasteiger partial charge in [0, 0.05) is 4.88 Å². The van der Waals surface area contributed by atoms with E-state index in [2.05, 4.69) is 5.32 Å². The maximum Gasteiger partial charge on any atom is 0.416 e. The van der Waals surface area contributed by atoms with Gasteiger partial charge in [0.1, 0.15) is 0 Å². The van der Waals surface area contributed by atoms with Crippen LogP contribution >= 0.6 is 22.9 Å². The largest absolute Gasteiger partial charge is 0.416 e. The highest BCUT2D eigenvalue weighted by Gasteiger charge is 2.35. The van der Waals surface area contributed by atoms with Crippen molar-refractivity contribution in [3.63, 3.8) is 0 Å². The van der Waals surface area contributed by atoms with Crippen molar-refractivity contribution in [2.75, 3.05) is 7.05 Å². The van der Waals surface area contributed by atoms with E-state index in [0.717, 1.165) is 6.07 Å². The van der Waals surface area contributed by atoms with E-state index in [1.165, 1.54) is 23.5 Å².